The Labute approximate surface area is 123 Å². The largest absolute Gasteiger partial charge is 0.481 e. The lowest BCUT2D eigenvalue weighted by molar-refractivity contribution is -0.143. The zero-order valence-corrected chi connectivity index (χ0v) is 12.6. The van der Waals surface area contributed by atoms with Crippen LogP contribution >= 0.6 is 0 Å². The zero-order chi connectivity index (χ0) is 15.4. The highest BCUT2D eigenvalue weighted by atomic mass is 16.4. The second kappa shape index (κ2) is 4.58. The van der Waals surface area contributed by atoms with Crippen LogP contribution in [-0.4, -0.2) is 37.0 Å². The van der Waals surface area contributed by atoms with Gasteiger partial charge in [0, 0.05) is 18.0 Å². The first kappa shape index (κ1) is 14.1. The van der Waals surface area contributed by atoms with Crippen LogP contribution in [-0.2, 0) is 9.59 Å². The normalized spacial score (nSPS) is 26.4. The maximum absolute atomic E-state index is 12.4. The molecule has 0 radical (unpaired) electrons. The number of carbonyl (C=O) groups is 2. The van der Waals surface area contributed by atoms with E-state index in [2.05, 4.69) is 9.55 Å². The van der Waals surface area contributed by atoms with Gasteiger partial charge in [0.1, 0.15) is 0 Å². The summed E-state index contributed by atoms with van der Waals surface area (Å²) in [5, 5.41) is 9.52. The van der Waals surface area contributed by atoms with E-state index >= 15 is 0 Å². The molecule has 2 atom stereocenters. The molecule has 114 valence electrons. The van der Waals surface area contributed by atoms with Crippen LogP contribution in [0.3, 0.4) is 0 Å². The average molecular weight is 291 g/mol. The Hall–Kier alpha value is -1.85. The summed E-state index contributed by atoms with van der Waals surface area (Å²) in [6.45, 7) is 5.83. The van der Waals surface area contributed by atoms with Gasteiger partial charge in [-0.25, -0.2) is 4.98 Å². The fourth-order valence-corrected chi connectivity index (χ4v) is 3.29. The third-order valence-corrected chi connectivity index (χ3v) is 4.30. The van der Waals surface area contributed by atoms with Gasteiger partial charge in [-0.1, -0.05) is 0 Å². The van der Waals surface area contributed by atoms with Gasteiger partial charge in [0.05, 0.1) is 30.2 Å². The summed E-state index contributed by atoms with van der Waals surface area (Å²) in [5.74, 6) is -1.71. The molecule has 0 bridgehead atoms. The van der Waals surface area contributed by atoms with Gasteiger partial charge < -0.3 is 14.6 Å². The lowest BCUT2D eigenvalue weighted by Gasteiger charge is -2.38. The van der Waals surface area contributed by atoms with E-state index in [0.29, 0.717) is 6.04 Å². The standard InChI is InChI=1S/C15H21N3O3/c1-15(2,3)18-12(19)6-10(14(20)21)13(18)11-7-16-8-17(11)9-4-5-9/h7-10,13H,4-6H2,1-3H3,(H,20,21). The van der Waals surface area contributed by atoms with E-state index < -0.39 is 23.5 Å². The lowest BCUT2D eigenvalue weighted by Crippen LogP contribution is -2.45. The Kier molecular flexibility index (Phi) is 3.07. The first-order chi connectivity index (χ1) is 9.80. The van der Waals surface area contributed by atoms with Crippen molar-refractivity contribution in [1.29, 1.82) is 0 Å². The lowest BCUT2D eigenvalue weighted by atomic mass is 9.95. The molecule has 2 fully saturated rings. The molecule has 1 saturated heterocycles. The molecule has 1 N–H and O–H groups in total. The summed E-state index contributed by atoms with van der Waals surface area (Å²) in [7, 11) is 0. The van der Waals surface area contributed by atoms with Gasteiger partial charge in [-0.05, 0) is 33.6 Å². The number of carboxylic acid groups (broad SMARTS) is 1. The number of likely N-dealkylation sites (tertiary alicyclic amines) is 1. The Morgan fingerprint density at radius 1 is 1.38 bits per heavy atom. The first-order valence-electron chi connectivity index (χ1n) is 7.37. The minimum atomic E-state index is -0.913. The van der Waals surface area contributed by atoms with E-state index in [9.17, 15) is 14.7 Å². The first-order valence-corrected chi connectivity index (χ1v) is 7.37. The van der Waals surface area contributed by atoms with E-state index in [-0.39, 0.29) is 12.3 Å². The summed E-state index contributed by atoms with van der Waals surface area (Å²) in [6, 6.07) is -0.0208. The van der Waals surface area contributed by atoms with E-state index in [1.165, 1.54) is 0 Å². The highest BCUT2D eigenvalue weighted by molar-refractivity contribution is 5.87. The third-order valence-electron chi connectivity index (χ3n) is 4.30. The molecule has 0 aromatic carbocycles. The van der Waals surface area contributed by atoms with E-state index in [1.807, 2.05) is 20.8 Å². The number of hydrogen-bond donors (Lipinski definition) is 1. The highest BCUT2D eigenvalue weighted by Crippen LogP contribution is 2.45. The number of carbonyl (C=O) groups excluding carboxylic acids is 1. The minimum Gasteiger partial charge on any atom is -0.481 e. The summed E-state index contributed by atoms with van der Waals surface area (Å²) >= 11 is 0. The number of carboxylic acids is 1. The summed E-state index contributed by atoms with van der Waals surface area (Å²) in [5.41, 5.74) is 0.440. The summed E-state index contributed by atoms with van der Waals surface area (Å²) < 4.78 is 2.05. The van der Waals surface area contributed by atoms with Crippen LogP contribution in [0.15, 0.2) is 12.5 Å². The zero-order valence-electron chi connectivity index (χ0n) is 12.6. The van der Waals surface area contributed by atoms with Crippen LogP contribution in [0.25, 0.3) is 0 Å². The molecular weight excluding hydrogens is 270 g/mol. The number of imidazole rings is 1. The van der Waals surface area contributed by atoms with Crippen molar-refractivity contribution < 1.29 is 14.7 Å². The molecule has 1 saturated carbocycles. The summed E-state index contributed by atoms with van der Waals surface area (Å²) in [4.78, 5) is 29.9. The predicted octanol–water partition coefficient (Wildman–Crippen LogP) is 1.99. The molecule has 3 rings (SSSR count). The maximum atomic E-state index is 12.4. The SMILES string of the molecule is CC(C)(C)N1C(=O)CC(C(=O)O)C1c1cncn1C1CC1. The van der Waals surface area contributed by atoms with Crippen LogP contribution in [0.1, 0.15) is 57.8 Å². The molecule has 1 amide bonds. The maximum Gasteiger partial charge on any atom is 0.309 e. The second-order valence-electron chi connectivity index (χ2n) is 6.99. The number of aliphatic carboxylic acids is 1. The van der Waals surface area contributed by atoms with Gasteiger partial charge in [0.25, 0.3) is 0 Å². The Balaban J connectivity index is 2.06. The molecule has 1 aliphatic carbocycles. The fraction of sp³-hybridized carbons (Fsp3) is 0.667. The number of amides is 1. The molecule has 0 spiro atoms. The van der Waals surface area contributed by atoms with Gasteiger partial charge in [-0.2, -0.15) is 0 Å². The number of nitrogens with zero attached hydrogens (tertiary/aromatic N) is 3. The van der Waals surface area contributed by atoms with Crippen molar-refractivity contribution in [1.82, 2.24) is 14.5 Å². The van der Waals surface area contributed by atoms with Gasteiger partial charge in [0.2, 0.25) is 5.91 Å². The molecule has 21 heavy (non-hydrogen) atoms. The molecule has 2 unspecified atom stereocenters. The van der Waals surface area contributed by atoms with Gasteiger partial charge >= 0.3 is 5.97 Å². The van der Waals surface area contributed by atoms with Gasteiger partial charge in [0.15, 0.2) is 0 Å². The van der Waals surface area contributed by atoms with E-state index in [4.69, 9.17) is 0 Å². The molecule has 1 aromatic heterocycles. The van der Waals surface area contributed by atoms with E-state index in [1.54, 1.807) is 17.4 Å². The molecule has 2 aliphatic rings. The van der Waals surface area contributed by atoms with Crippen LogP contribution in [0, 0.1) is 5.92 Å². The van der Waals surface area contributed by atoms with Crippen molar-refractivity contribution in [2.75, 3.05) is 0 Å². The van der Waals surface area contributed by atoms with Crippen molar-refractivity contribution in [3.63, 3.8) is 0 Å². The molecule has 6 nitrogen and oxygen atoms in total. The quantitative estimate of drug-likeness (QED) is 0.924. The van der Waals surface area contributed by atoms with E-state index in [0.717, 1.165) is 18.5 Å². The predicted molar refractivity (Wildman–Crippen MR) is 75.6 cm³/mol. The van der Waals surface area contributed by atoms with Crippen LogP contribution in [0.4, 0.5) is 0 Å². The average Bonchev–Trinajstić information content (AvgIpc) is 2.97. The van der Waals surface area contributed by atoms with Crippen molar-refractivity contribution >= 4 is 11.9 Å². The number of aromatic nitrogens is 2. The Morgan fingerprint density at radius 2 is 2.05 bits per heavy atom. The van der Waals surface area contributed by atoms with Crippen LogP contribution < -0.4 is 0 Å². The van der Waals surface area contributed by atoms with Crippen molar-refractivity contribution in [3.8, 4) is 0 Å². The van der Waals surface area contributed by atoms with Crippen LogP contribution in [0.5, 0.6) is 0 Å². The van der Waals surface area contributed by atoms with Crippen molar-refractivity contribution in [2.45, 2.75) is 57.7 Å². The van der Waals surface area contributed by atoms with Crippen LogP contribution in [0.2, 0.25) is 0 Å². The Morgan fingerprint density at radius 3 is 2.57 bits per heavy atom. The Bertz CT molecular complexity index is 583. The number of hydrogen-bond acceptors (Lipinski definition) is 3. The molecule has 1 aromatic rings. The van der Waals surface area contributed by atoms with Crippen molar-refractivity contribution in [2.24, 2.45) is 5.92 Å². The highest BCUT2D eigenvalue weighted by Gasteiger charge is 2.50. The molecular formula is C15H21N3O3. The topological polar surface area (TPSA) is 75.4 Å². The van der Waals surface area contributed by atoms with Crippen molar-refractivity contribution in [3.05, 3.63) is 18.2 Å². The smallest absolute Gasteiger partial charge is 0.309 e. The minimum absolute atomic E-state index is 0.0626. The number of rotatable bonds is 3. The molecule has 2 heterocycles. The molecule has 1 aliphatic heterocycles. The molecule has 6 heteroatoms. The summed E-state index contributed by atoms with van der Waals surface area (Å²) in [6.07, 6.45) is 5.73. The van der Waals surface area contributed by atoms with Gasteiger partial charge in [-0.3, -0.25) is 9.59 Å². The third kappa shape index (κ3) is 2.32. The fourth-order valence-electron chi connectivity index (χ4n) is 3.29. The van der Waals surface area contributed by atoms with Gasteiger partial charge in [-0.15, -0.1) is 0 Å². The monoisotopic (exact) mass is 291 g/mol. The second-order valence-corrected chi connectivity index (χ2v) is 6.99.